The van der Waals surface area contributed by atoms with Gasteiger partial charge in [-0.15, -0.1) is 0 Å². The Labute approximate surface area is 79.2 Å². The highest BCUT2D eigenvalue weighted by molar-refractivity contribution is 5.53. The Kier molecular flexibility index (Phi) is 1.58. The Hall–Kier alpha value is -0.980. The van der Waals surface area contributed by atoms with Crippen LogP contribution in [0.25, 0.3) is 0 Å². The first-order chi connectivity index (χ1) is 6.43. The summed E-state index contributed by atoms with van der Waals surface area (Å²) in [7, 11) is 0. The van der Waals surface area contributed by atoms with E-state index in [-0.39, 0.29) is 0 Å². The van der Waals surface area contributed by atoms with Gasteiger partial charge in [0.2, 0.25) is 0 Å². The summed E-state index contributed by atoms with van der Waals surface area (Å²) < 4.78 is 0. The van der Waals surface area contributed by atoms with Crippen LogP contribution >= 0.6 is 0 Å². The number of benzene rings is 1. The molecule has 2 aliphatic rings. The minimum Gasteiger partial charge on any atom is -0.385 e. The summed E-state index contributed by atoms with van der Waals surface area (Å²) in [5.41, 5.74) is 2.88. The fraction of sp³-hybridized carbons (Fsp3) is 0.500. The molecule has 0 radical (unpaired) electrons. The van der Waals surface area contributed by atoms with Crippen LogP contribution in [0.3, 0.4) is 0 Å². The molecular weight excluding hydrogens is 158 g/mol. The highest BCUT2D eigenvalue weighted by Gasteiger charge is 2.33. The van der Waals surface area contributed by atoms with Gasteiger partial charge in [0.15, 0.2) is 0 Å². The number of nitrogens with one attached hydrogen (secondary N) is 1. The van der Waals surface area contributed by atoms with E-state index in [0.29, 0.717) is 0 Å². The smallest absolute Gasteiger partial charge is 0.0372 e. The van der Waals surface area contributed by atoms with E-state index < -0.39 is 0 Å². The van der Waals surface area contributed by atoms with Crippen LogP contribution in [-0.4, -0.2) is 6.54 Å². The summed E-state index contributed by atoms with van der Waals surface area (Å²) in [6.07, 6.45) is 4.23. The standard InChI is InChI=1S/C12H15N/c1-2-4-12-10(3-1)7-11(8-13-12)9-5-6-9/h1-4,9,11,13H,5-8H2. The van der Waals surface area contributed by atoms with Gasteiger partial charge in [-0.25, -0.2) is 0 Å². The number of fused-ring (bicyclic) bond motifs is 1. The Morgan fingerprint density at radius 3 is 2.77 bits per heavy atom. The Morgan fingerprint density at radius 1 is 1.08 bits per heavy atom. The average molecular weight is 173 g/mol. The zero-order chi connectivity index (χ0) is 8.67. The van der Waals surface area contributed by atoms with Crippen molar-refractivity contribution in [2.24, 2.45) is 11.8 Å². The summed E-state index contributed by atoms with van der Waals surface area (Å²) in [6.45, 7) is 1.20. The van der Waals surface area contributed by atoms with Crippen molar-refractivity contribution in [2.45, 2.75) is 19.3 Å². The third-order valence-electron chi connectivity index (χ3n) is 3.34. The third-order valence-corrected chi connectivity index (χ3v) is 3.34. The fourth-order valence-electron chi connectivity index (χ4n) is 2.37. The minimum atomic E-state index is 0.912. The normalized spacial score (nSPS) is 26.3. The van der Waals surface area contributed by atoms with Gasteiger partial charge < -0.3 is 5.32 Å². The summed E-state index contributed by atoms with van der Waals surface area (Å²) in [5, 5.41) is 3.53. The molecule has 1 saturated carbocycles. The lowest BCUT2D eigenvalue weighted by atomic mass is 9.90. The van der Waals surface area contributed by atoms with Crippen LogP contribution in [0.2, 0.25) is 0 Å². The minimum absolute atomic E-state index is 0.912. The van der Waals surface area contributed by atoms with Gasteiger partial charge in [0.25, 0.3) is 0 Å². The van der Waals surface area contributed by atoms with Crippen molar-refractivity contribution in [3.63, 3.8) is 0 Å². The zero-order valence-corrected chi connectivity index (χ0v) is 7.79. The van der Waals surface area contributed by atoms with Crippen molar-refractivity contribution < 1.29 is 0 Å². The van der Waals surface area contributed by atoms with E-state index in [1.54, 1.807) is 0 Å². The van der Waals surface area contributed by atoms with Crippen LogP contribution in [0.5, 0.6) is 0 Å². The predicted molar refractivity (Wildman–Crippen MR) is 54.8 cm³/mol. The molecule has 1 aliphatic heterocycles. The molecule has 1 fully saturated rings. The lowest BCUT2D eigenvalue weighted by molar-refractivity contribution is 0.473. The van der Waals surface area contributed by atoms with Crippen molar-refractivity contribution in [1.29, 1.82) is 0 Å². The van der Waals surface area contributed by atoms with Crippen LogP contribution in [0.1, 0.15) is 18.4 Å². The maximum absolute atomic E-state index is 3.53. The van der Waals surface area contributed by atoms with E-state index in [9.17, 15) is 0 Å². The maximum atomic E-state index is 3.53. The largest absolute Gasteiger partial charge is 0.385 e. The van der Waals surface area contributed by atoms with Crippen molar-refractivity contribution in [3.8, 4) is 0 Å². The molecule has 1 heterocycles. The van der Waals surface area contributed by atoms with E-state index in [4.69, 9.17) is 0 Å². The van der Waals surface area contributed by atoms with Gasteiger partial charge in [0.05, 0.1) is 0 Å². The lowest BCUT2D eigenvalue weighted by Crippen LogP contribution is -2.24. The number of hydrogen-bond donors (Lipinski definition) is 1. The van der Waals surface area contributed by atoms with Crippen molar-refractivity contribution in [2.75, 3.05) is 11.9 Å². The van der Waals surface area contributed by atoms with Crippen LogP contribution in [-0.2, 0) is 6.42 Å². The van der Waals surface area contributed by atoms with E-state index in [2.05, 4.69) is 29.6 Å². The molecule has 1 unspecified atom stereocenters. The summed E-state index contributed by atoms with van der Waals surface area (Å²) >= 11 is 0. The molecule has 13 heavy (non-hydrogen) atoms. The lowest BCUT2D eigenvalue weighted by Gasteiger charge is -2.25. The second-order valence-corrected chi connectivity index (χ2v) is 4.34. The van der Waals surface area contributed by atoms with Crippen molar-refractivity contribution >= 4 is 5.69 Å². The molecule has 68 valence electrons. The van der Waals surface area contributed by atoms with Crippen LogP contribution in [0.15, 0.2) is 24.3 Å². The number of para-hydroxylation sites is 1. The Bertz CT molecular complexity index is 315. The molecular formula is C12H15N. The quantitative estimate of drug-likeness (QED) is 0.688. The highest BCUT2D eigenvalue weighted by atomic mass is 14.9. The van der Waals surface area contributed by atoms with Crippen molar-refractivity contribution in [3.05, 3.63) is 29.8 Å². The second kappa shape index (κ2) is 2.76. The highest BCUT2D eigenvalue weighted by Crippen LogP contribution is 2.41. The molecule has 0 amide bonds. The van der Waals surface area contributed by atoms with Gasteiger partial charge >= 0.3 is 0 Å². The van der Waals surface area contributed by atoms with Gasteiger partial charge in [0, 0.05) is 12.2 Å². The van der Waals surface area contributed by atoms with E-state index in [1.807, 2.05) is 0 Å². The summed E-state index contributed by atoms with van der Waals surface area (Å²) in [6, 6.07) is 8.72. The summed E-state index contributed by atoms with van der Waals surface area (Å²) in [4.78, 5) is 0. The zero-order valence-electron chi connectivity index (χ0n) is 7.79. The first-order valence-electron chi connectivity index (χ1n) is 5.25. The molecule has 1 aromatic rings. The molecule has 1 aromatic carbocycles. The molecule has 1 atom stereocenters. The van der Waals surface area contributed by atoms with Crippen LogP contribution in [0, 0.1) is 11.8 Å². The Morgan fingerprint density at radius 2 is 1.92 bits per heavy atom. The number of hydrogen-bond acceptors (Lipinski definition) is 1. The fourth-order valence-corrected chi connectivity index (χ4v) is 2.37. The predicted octanol–water partition coefficient (Wildman–Crippen LogP) is 2.68. The van der Waals surface area contributed by atoms with Crippen molar-refractivity contribution in [1.82, 2.24) is 0 Å². The van der Waals surface area contributed by atoms with Gasteiger partial charge in [-0.05, 0) is 42.7 Å². The van der Waals surface area contributed by atoms with Crippen LogP contribution in [0.4, 0.5) is 5.69 Å². The molecule has 0 aromatic heterocycles. The molecule has 1 nitrogen and oxygen atoms in total. The molecule has 0 bridgehead atoms. The van der Waals surface area contributed by atoms with Gasteiger partial charge in [-0.1, -0.05) is 18.2 Å². The summed E-state index contributed by atoms with van der Waals surface area (Å²) in [5.74, 6) is 1.94. The number of rotatable bonds is 1. The van der Waals surface area contributed by atoms with Gasteiger partial charge in [-0.3, -0.25) is 0 Å². The topological polar surface area (TPSA) is 12.0 Å². The molecule has 3 rings (SSSR count). The third kappa shape index (κ3) is 1.32. The molecule has 1 heteroatoms. The maximum Gasteiger partial charge on any atom is 0.0372 e. The van der Waals surface area contributed by atoms with Crippen LogP contribution < -0.4 is 5.32 Å². The molecule has 0 saturated heterocycles. The molecule has 1 aliphatic carbocycles. The Balaban J connectivity index is 1.85. The van der Waals surface area contributed by atoms with E-state index in [1.165, 1.54) is 37.1 Å². The monoisotopic (exact) mass is 173 g/mol. The van der Waals surface area contributed by atoms with Gasteiger partial charge in [-0.2, -0.15) is 0 Å². The average Bonchev–Trinajstić information content (AvgIpc) is 3.00. The first kappa shape index (κ1) is 7.43. The molecule has 1 N–H and O–H groups in total. The van der Waals surface area contributed by atoms with Gasteiger partial charge in [0.1, 0.15) is 0 Å². The van der Waals surface area contributed by atoms with E-state index in [0.717, 1.165) is 11.8 Å². The SMILES string of the molecule is c1ccc2c(c1)CC(C1CC1)CN2. The first-order valence-corrected chi connectivity index (χ1v) is 5.25. The second-order valence-electron chi connectivity index (χ2n) is 4.34. The molecule has 0 spiro atoms. The number of anilines is 1. The van der Waals surface area contributed by atoms with E-state index >= 15 is 0 Å².